The molecular formula is C15H16FNO2. The minimum absolute atomic E-state index is 0.294. The van der Waals surface area contributed by atoms with Crippen molar-refractivity contribution < 1.29 is 13.9 Å². The fourth-order valence-electron chi connectivity index (χ4n) is 1.63. The summed E-state index contributed by atoms with van der Waals surface area (Å²) in [5.74, 6) is 1.27. The summed E-state index contributed by atoms with van der Waals surface area (Å²) >= 11 is 0. The van der Waals surface area contributed by atoms with E-state index in [2.05, 4.69) is 0 Å². The minimum Gasteiger partial charge on any atom is -0.492 e. The Morgan fingerprint density at radius 1 is 1.11 bits per heavy atom. The molecule has 0 amide bonds. The average Bonchev–Trinajstić information content (AvgIpc) is 2.38. The van der Waals surface area contributed by atoms with Gasteiger partial charge in [0.15, 0.2) is 0 Å². The SMILES string of the molecule is CCOc1cc(Oc2ccc(C)c(F)c2)ccc1N. The van der Waals surface area contributed by atoms with E-state index in [4.69, 9.17) is 15.2 Å². The highest BCUT2D eigenvalue weighted by atomic mass is 19.1. The van der Waals surface area contributed by atoms with Crippen LogP contribution in [0.4, 0.5) is 10.1 Å². The van der Waals surface area contributed by atoms with Crippen molar-refractivity contribution in [3.05, 3.63) is 47.8 Å². The molecule has 0 unspecified atom stereocenters. The van der Waals surface area contributed by atoms with E-state index < -0.39 is 0 Å². The lowest BCUT2D eigenvalue weighted by Crippen LogP contribution is -1.97. The molecule has 0 aliphatic carbocycles. The smallest absolute Gasteiger partial charge is 0.145 e. The molecule has 0 aliphatic heterocycles. The molecule has 0 heterocycles. The average molecular weight is 261 g/mol. The molecule has 2 rings (SSSR count). The molecule has 0 saturated heterocycles. The van der Waals surface area contributed by atoms with E-state index >= 15 is 0 Å². The van der Waals surface area contributed by atoms with Gasteiger partial charge in [-0.3, -0.25) is 0 Å². The Morgan fingerprint density at radius 3 is 2.47 bits per heavy atom. The van der Waals surface area contributed by atoms with Crippen molar-refractivity contribution in [2.24, 2.45) is 0 Å². The molecule has 2 aromatic carbocycles. The molecule has 2 N–H and O–H groups in total. The molecule has 0 fully saturated rings. The summed E-state index contributed by atoms with van der Waals surface area (Å²) in [7, 11) is 0. The maximum Gasteiger partial charge on any atom is 0.145 e. The van der Waals surface area contributed by atoms with Gasteiger partial charge in [0.25, 0.3) is 0 Å². The first-order valence-corrected chi connectivity index (χ1v) is 6.06. The van der Waals surface area contributed by atoms with Gasteiger partial charge < -0.3 is 15.2 Å². The van der Waals surface area contributed by atoms with Crippen LogP contribution in [-0.4, -0.2) is 6.61 Å². The van der Waals surface area contributed by atoms with Crippen molar-refractivity contribution in [3.63, 3.8) is 0 Å². The van der Waals surface area contributed by atoms with Gasteiger partial charge in [-0.1, -0.05) is 6.07 Å². The van der Waals surface area contributed by atoms with Gasteiger partial charge in [0.1, 0.15) is 23.1 Å². The standard InChI is InChI=1S/C15H16FNO2/c1-3-18-15-9-12(6-7-14(15)17)19-11-5-4-10(2)13(16)8-11/h4-9H,3,17H2,1-2H3. The number of ether oxygens (including phenoxy) is 2. The normalized spacial score (nSPS) is 10.3. The maximum atomic E-state index is 13.4. The first-order chi connectivity index (χ1) is 9.10. The molecule has 0 spiro atoms. The molecule has 0 atom stereocenters. The van der Waals surface area contributed by atoms with E-state index in [1.165, 1.54) is 6.07 Å². The number of nitrogens with two attached hydrogens (primary N) is 1. The second-order valence-corrected chi connectivity index (χ2v) is 4.15. The van der Waals surface area contributed by atoms with Gasteiger partial charge in [-0.05, 0) is 37.6 Å². The second-order valence-electron chi connectivity index (χ2n) is 4.15. The fourth-order valence-corrected chi connectivity index (χ4v) is 1.63. The van der Waals surface area contributed by atoms with Crippen LogP contribution in [0.3, 0.4) is 0 Å². The van der Waals surface area contributed by atoms with Crippen LogP contribution in [0, 0.1) is 12.7 Å². The summed E-state index contributed by atoms with van der Waals surface area (Å²) in [5, 5.41) is 0. The largest absolute Gasteiger partial charge is 0.492 e. The van der Waals surface area contributed by atoms with E-state index in [0.29, 0.717) is 35.1 Å². The molecule has 2 aromatic rings. The quantitative estimate of drug-likeness (QED) is 0.849. The molecule has 3 nitrogen and oxygen atoms in total. The number of nitrogen functional groups attached to an aromatic ring is 1. The molecule has 0 saturated carbocycles. The van der Waals surface area contributed by atoms with Crippen LogP contribution >= 0.6 is 0 Å². The monoisotopic (exact) mass is 261 g/mol. The molecule has 19 heavy (non-hydrogen) atoms. The van der Waals surface area contributed by atoms with E-state index in [-0.39, 0.29) is 5.82 Å². The first-order valence-electron chi connectivity index (χ1n) is 6.06. The van der Waals surface area contributed by atoms with Gasteiger partial charge in [-0.2, -0.15) is 0 Å². The highest BCUT2D eigenvalue weighted by Crippen LogP contribution is 2.30. The molecule has 100 valence electrons. The summed E-state index contributed by atoms with van der Waals surface area (Å²) in [6, 6.07) is 9.85. The van der Waals surface area contributed by atoms with Gasteiger partial charge in [-0.25, -0.2) is 4.39 Å². The van der Waals surface area contributed by atoms with Gasteiger partial charge in [0.2, 0.25) is 0 Å². The molecule has 4 heteroatoms. The molecule has 0 aliphatic rings. The van der Waals surface area contributed by atoms with Gasteiger partial charge in [0.05, 0.1) is 12.3 Å². The van der Waals surface area contributed by atoms with E-state index in [0.717, 1.165) is 0 Å². The molecule has 0 radical (unpaired) electrons. The van der Waals surface area contributed by atoms with Crippen LogP contribution in [0.1, 0.15) is 12.5 Å². The molecule has 0 aromatic heterocycles. The molecule has 0 bridgehead atoms. The Hall–Kier alpha value is -2.23. The summed E-state index contributed by atoms with van der Waals surface area (Å²) in [6.45, 7) is 4.10. The van der Waals surface area contributed by atoms with Crippen LogP contribution < -0.4 is 15.2 Å². The zero-order valence-electron chi connectivity index (χ0n) is 10.9. The summed E-state index contributed by atoms with van der Waals surface area (Å²) in [5.41, 5.74) is 6.90. The van der Waals surface area contributed by atoms with Crippen LogP contribution in [0.15, 0.2) is 36.4 Å². The van der Waals surface area contributed by atoms with Crippen LogP contribution in [0.2, 0.25) is 0 Å². The van der Waals surface area contributed by atoms with Gasteiger partial charge in [0, 0.05) is 12.1 Å². The van der Waals surface area contributed by atoms with Crippen molar-refractivity contribution in [2.45, 2.75) is 13.8 Å². The number of anilines is 1. The maximum absolute atomic E-state index is 13.4. The Bertz CT molecular complexity index is 584. The highest BCUT2D eigenvalue weighted by Gasteiger charge is 2.05. The van der Waals surface area contributed by atoms with Crippen LogP contribution in [-0.2, 0) is 0 Å². The van der Waals surface area contributed by atoms with Crippen molar-refractivity contribution in [1.82, 2.24) is 0 Å². The minimum atomic E-state index is -0.294. The third-order valence-electron chi connectivity index (χ3n) is 2.66. The molecular weight excluding hydrogens is 245 g/mol. The predicted octanol–water partition coefficient (Wildman–Crippen LogP) is 3.91. The number of hydrogen-bond acceptors (Lipinski definition) is 3. The number of aryl methyl sites for hydroxylation is 1. The number of halogens is 1. The second kappa shape index (κ2) is 5.61. The van der Waals surface area contributed by atoms with Crippen molar-refractivity contribution in [1.29, 1.82) is 0 Å². The van der Waals surface area contributed by atoms with Crippen molar-refractivity contribution in [2.75, 3.05) is 12.3 Å². The van der Waals surface area contributed by atoms with E-state index in [1.54, 1.807) is 37.3 Å². The van der Waals surface area contributed by atoms with E-state index in [9.17, 15) is 4.39 Å². The van der Waals surface area contributed by atoms with Gasteiger partial charge in [-0.15, -0.1) is 0 Å². The highest BCUT2D eigenvalue weighted by molar-refractivity contribution is 5.56. The van der Waals surface area contributed by atoms with Crippen molar-refractivity contribution >= 4 is 5.69 Å². The summed E-state index contributed by atoms with van der Waals surface area (Å²) < 4.78 is 24.4. The Morgan fingerprint density at radius 2 is 1.79 bits per heavy atom. The predicted molar refractivity (Wildman–Crippen MR) is 73.2 cm³/mol. The zero-order valence-corrected chi connectivity index (χ0v) is 10.9. The third-order valence-corrected chi connectivity index (χ3v) is 2.66. The number of hydrogen-bond donors (Lipinski definition) is 1. The number of rotatable bonds is 4. The van der Waals surface area contributed by atoms with Gasteiger partial charge >= 0.3 is 0 Å². The van der Waals surface area contributed by atoms with Crippen LogP contribution in [0.25, 0.3) is 0 Å². The lowest BCUT2D eigenvalue weighted by atomic mass is 10.2. The lowest BCUT2D eigenvalue weighted by molar-refractivity contribution is 0.340. The third kappa shape index (κ3) is 3.16. The number of benzene rings is 2. The van der Waals surface area contributed by atoms with Crippen LogP contribution in [0.5, 0.6) is 17.2 Å². The lowest BCUT2D eigenvalue weighted by Gasteiger charge is -2.10. The van der Waals surface area contributed by atoms with E-state index in [1.807, 2.05) is 6.92 Å². The first kappa shape index (κ1) is 13.2. The Kier molecular flexibility index (Phi) is 3.90. The fraction of sp³-hybridized carbons (Fsp3) is 0.200. The van der Waals surface area contributed by atoms with Crippen molar-refractivity contribution in [3.8, 4) is 17.2 Å². The summed E-state index contributed by atoms with van der Waals surface area (Å²) in [4.78, 5) is 0. The summed E-state index contributed by atoms with van der Waals surface area (Å²) in [6.07, 6.45) is 0. The zero-order chi connectivity index (χ0) is 13.8. The topological polar surface area (TPSA) is 44.5 Å². The Balaban J connectivity index is 2.22. The Labute approximate surface area is 111 Å².